The molecule has 1 saturated heterocycles. The molecule has 0 bridgehead atoms. The fraction of sp³-hybridized carbons (Fsp3) is 0.917. The van der Waals surface area contributed by atoms with E-state index in [1.54, 1.807) is 0 Å². The van der Waals surface area contributed by atoms with Gasteiger partial charge in [0.25, 0.3) is 11.8 Å². The largest absolute Gasteiger partial charge is 0.392 e. The van der Waals surface area contributed by atoms with E-state index >= 15 is 0 Å². The lowest BCUT2D eigenvalue weighted by molar-refractivity contribution is -0.407. The van der Waals surface area contributed by atoms with Crippen LogP contribution >= 0.6 is 0 Å². The van der Waals surface area contributed by atoms with Crippen molar-refractivity contribution >= 4 is 11.8 Å². The number of carbonyl (C=O) groups is 2. The molecule has 320 valence electrons. The summed E-state index contributed by atoms with van der Waals surface area (Å²) in [7, 11) is 0. The van der Waals surface area contributed by atoms with Crippen molar-refractivity contribution < 1.29 is 115 Å². The van der Waals surface area contributed by atoms with E-state index < -0.39 is 110 Å². The highest BCUT2D eigenvalue weighted by Crippen LogP contribution is 2.59. The third-order valence-corrected chi connectivity index (χ3v) is 7.66. The number of rotatable bonds is 20. The summed E-state index contributed by atoms with van der Waals surface area (Å²) in [6.45, 7) is -2.73. The maximum Gasteiger partial charge on any atom is 0.392 e. The number of carbonyl (C=O) groups excluding carboxylic acids is 2. The van der Waals surface area contributed by atoms with E-state index in [1.807, 2.05) is 0 Å². The second-order valence-electron chi connectivity index (χ2n) is 11.3. The van der Waals surface area contributed by atoms with E-state index in [-0.39, 0.29) is 39.3 Å². The molecular formula is C24H24F24N4O2. The fourth-order valence-electron chi connectivity index (χ4n) is 4.23. The average molecular weight is 856 g/mol. The molecule has 1 aliphatic rings. The molecule has 6 nitrogen and oxygen atoms in total. The lowest BCUT2D eigenvalue weighted by atomic mass is 9.94. The average Bonchev–Trinajstić information content (AvgIpc) is 3.04. The van der Waals surface area contributed by atoms with Crippen LogP contribution in [0.3, 0.4) is 0 Å². The Labute approximate surface area is 285 Å². The predicted octanol–water partition coefficient (Wildman–Crippen LogP) is 6.50. The Morgan fingerprint density at radius 2 is 0.667 bits per heavy atom. The lowest BCUT2D eigenvalue weighted by Gasteiger charge is -2.38. The van der Waals surface area contributed by atoms with Crippen molar-refractivity contribution in [2.45, 2.75) is 84.9 Å². The Morgan fingerprint density at radius 3 is 0.889 bits per heavy atom. The van der Waals surface area contributed by atoms with E-state index in [9.17, 15) is 115 Å². The summed E-state index contributed by atoms with van der Waals surface area (Å²) >= 11 is 0. The van der Waals surface area contributed by atoms with Crippen molar-refractivity contribution in [3.63, 3.8) is 0 Å². The van der Waals surface area contributed by atoms with Gasteiger partial charge in [-0.25, -0.2) is 17.6 Å². The molecule has 0 aromatic heterocycles. The Balaban J connectivity index is 2.64. The second-order valence-corrected chi connectivity index (χ2v) is 11.3. The molecule has 1 aliphatic heterocycles. The van der Waals surface area contributed by atoms with Gasteiger partial charge in [-0.2, -0.15) is 87.8 Å². The van der Waals surface area contributed by atoms with Crippen LogP contribution in [-0.4, -0.2) is 146 Å². The first-order chi connectivity index (χ1) is 23.9. The molecule has 0 unspecified atom stereocenters. The highest BCUT2D eigenvalue weighted by Gasteiger charge is 2.90. The van der Waals surface area contributed by atoms with Crippen LogP contribution in [0.2, 0.25) is 0 Å². The molecule has 0 spiro atoms. The Kier molecular flexibility index (Phi) is 14.5. The van der Waals surface area contributed by atoms with E-state index in [4.69, 9.17) is 0 Å². The lowest BCUT2D eigenvalue weighted by Crippen LogP contribution is -2.70. The van der Waals surface area contributed by atoms with Gasteiger partial charge in [0.1, 0.15) is 0 Å². The van der Waals surface area contributed by atoms with E-state index in [0.29, 0.717) is 0 Å². The summed E-state index contributed by atoms with van der Waals surface area (Å²) in [6.07, 6.45) is -12.4. The summed E-state index contributed by atoms with van der Waals surface area (Å²) in [5.41, 5.74) is 0. The van der Waals surface area contributed by atoms with Gasteiger partial charge >= 0.3 is 72.1 Å². The van der Waals surface area contributed by atoms with Gasteiger partial charge in [-0.1, -0.05) is 0 Å². The van der Waals surface area contributed by atoms with Crippen molar-refractivity contribution in [3.8, 4) is 0 Å². The minimum Gasteiger partial charge on any atom is -0.351 e. The highest BCUT2D eigenvalue weighted by molar-refractivity contribution is 5.85. The Morgan fingerprint density at radius 1 is 0.426 bits per heavy atom. The maximum atomic E-state index is 13.8. The van der Waals surface area contributed by atoms with Gasteiger partial charge in [0.2, 0.25) is 0 Å². The smallest absolute Gasteiger partial charge is 0.351 e. The topological polar surface area (TPSA) is 64.7 Å². The van der Waals surface area contributed by atoms with Gasteiger partial charge in [0, 0.05) is 39.3 Å². The minimum absolute atomic E-state index is 0.0228. The zero-order valence-electron chi connectivity index (χ0n) is 26.0. The number of piperazine rings is 1. The van der Waals surface area contributed by atoms with E-state index in [0.717, 1.165) is 10.6 Å². The number of halogens is 24. The number of hydrogen-bond acceptors (Lipinski definition) is 4. The van der Waals surface area contributed by atoms with Gasteiger partial charge in [-0.05, 0) is 25.9 Å². The van der Waals surface area contributed by atoms with Crippen LogP contribution in [0.15, 0.2) is 0 Å². The van der Waals surface area contributed by atoms with E-state index in [2.05, 4.69) is 0 Å². The van der Waals surface area contributed by atoms with Crippen molar-refractivity contribution in [1.29, 1.82) is 0 Å². The molecule has 2 N–H and O–H groups in total. The van der Waals surface area contributed by atoms with Crippen LogP contribution < -0.4 is 10.6 Å². The molecule has 1 heterocycles. The van der Waals surface area contributed by atoms with Crippen molar-refractivity contribution in [3.05, 3.63) is 0 Å². The molecule has 0 radical (unpaired) electrons. The summed E-state index contributed by atoms with van der Waals surface area (Å²) in [5, 5.41) is 1.91. The molecule has 1 rings (SSSR count). The number of amides is 2. The van der Waals surface area contributed by atoms with Crippen LogP contribution in [0.25, 0.3) is 0 Å². The van der Waals surface area contributed by atoms with Crippen molar-refractivity contribution in [2.24, 2.45) is 0 Å². The summed E-state index contributed by atoms with van der Waals surface area (Å²) in [4.78, 5) is 25.8. The molecular weight excluding hydrogens is 832 g/mol. The van der Waals surface area contributed by atoms with Gasteiger partial charge in [0.15, 0.2) is 0 Å². The first-order valence-electron chi connectivity index (χ1n) is 14.2. The fourth-order valence-corrected chi connectivity index (χ4v) is 4.23. The summed E-state index contributed by atoms with van der Waals surface area (Å²) in [6, 6.07) is 0. The van der Waals surface area contributed by atoms with Gasteiger partial charge in [-0.3, -0.25) is 9.59 Å². The maximum absolute atomic E-state index is 13.8. The molecule has 0 saturated carbocycles. The molecule has 0 aromatic rings. The van der Waals surface area contributed by atoms with Gasteiger partial charge in [-0.15, -0.1) is 0 Å². The molecule has 54 heavy (non-hydrogen) atoms. The van der Waals surface area contributed by atoms with Crippen molar-refractivity contribution in [1.82, 2.24) is 20.4 Å². The quantitative estimate of drug-likeness (QED) is 0.109. The molecule has 30 heteroatoms. The van der Waals surface area contributed by atoms with Crippen LogP contribution in [0.4, 0.5) is 105 Å². The number of hydrogen-bond donors (Lipinski definition) is 2. The van der Waals surface area contributed by atoms with Crippen LogP contribution in [0.1, 0.15) is 12.8 Å². The monoisotopic (exact) mass is 856 g/mol. The summed E-state index contributed by atoms with van der Waals surface area (Å²) < 4.78 is 318. The molecule has 0 aliphatic carbocycles. The standard InChI is InChI=1S/C24H24F24N4O2/c25-11(26)15(29,30)19(37,38)23(45,46)21(41,42)17(33,34)13(53)49-3-1-5-51-7-9-52(10-8-51)6-2-4-50-14(54)18(35,36)22(43,44)24(47,48)20(39,40)16(31,32)12(27)28/h11-12H,1-10H2,(H,49,53)(H,50,54). The minimum atomic E-state index is -7.91. The van der Waals surface area contributed by atoms with Gasteiger partial charge in [0.05, 0.1) is 0 Å². The van der Waals surface area contributed by atoms with Gasteiger partial charge < -0.3 is 20.4 Å². The third-order valence-electron chi connectivity index (χ3n) is 7.66. The summed E-state index contributed by atoms with van der Waals surface area (Å²) in [5.74, 6) is -81.7. The predicted molar refractivity (Wildman–Crippen MR) is 130 cm³/mol. The molecule has 2 amide bonds. The zero-order chi connectivity index (χ0) is 42.9. The normalized spacial score (nSPS) is 17.4. The van der Waals surface area contributed by atoms with Crippen LogP contribution in [-0.2, 0) is 9.59 Å². The zero-order valence-corrected chi connectivity index (χ0v) is 26.0. The SMILES string of the molecule is O=C(NCCCN1CCN(CCCNC(=O)C(F)(F)C(F)(F)C(F)(F)C(F)(F)C(F)(F)C(F)F)CC1)C(F)(F)C(F)(F)C(F)(F)C(F)(F)C(F)(F)C(F)F. The Hall–Kier alpha value is -2.82. The first-order valence-corrected chi connectivity index (χ1v) is 14.2. The molecule has 0 aromatic carbocycles. The number of alkyl halides is 24. The van der Waals surface area contributed by atoms with Crippen LogP contribution in [0.5, 0.6) is 0 Å². The number of nitrogens with one attached hydrogen (secondary N) is 2. The Bertz CT molecular complexity index is 1190. The molecule has 1 fully saturated rings. The molecule has 0 atom stereocenters. The van der Waals surface area contributed by atoms with Crippen LogP contribution in [0, 0.1) is 0 Å². The van der Waals surface area contributed by atoms with Crippen molar-refractivity contribution in [2.75, 3.05) is 52.4 Å². The highest BCUT2D eigenvalue weighted by atomic mass is 19.4. The number of nitrogens with zero attached hydrogens (tertiary/aromatic N) is 2. The first kappa shape index (κ1) is 49.2. The second kappa shape index (κ2) is 16.0. The third kappa shape index (κ3) is 8.31. The van der Waals surface area contributed by atoms with E-state index in [1.165, 1.54) is 9.80 Å².